The van der Waals surface area contributed by atoms with Gasteiger partial charge >= 0.3 is 0 Å². The predicted octanol–water partition coefficient (Wildman–Crippen LogP) is 2.84. The molecule has 1 aliphatic rings. The Balaban J connectivity index is 1.73. The number of nitrogens with zero attached hydrogens (tertiary/aromatic N) is 5. The van der Waals surface area contributed by atoms with Crippen molar-refractivity contribution in [2.24, 2.45) is 0 Å². The van der Waals surface area contributed by atoms with Crippen LogP contribution in [0.25, 0.3) is 11.0 Å². The minimum atomic E-state index is 0.330. The van der Waals surface area contributed by atoms with Crippen molar-refractivity contribution < 1.29 is 9.47 Å². The molecule has 0 unspecified atom stereocenters. The molecule has 8 heteroatoms. The van der Waals surface area contributed by atoms with Gasteiger partial charge in [-0.1, -0.05) is 6.58 Å². The molecule has 1 saturated carbocycles. The van der Waals surface area contributed by atoms with Gasteiger partial charge in [0.15, 0.2) is 5.65 Å². The molecule has 0 radical (unpaired) electrons. The number of ether oxygens (including phenoxy) is 2. The molecule has 4 rings (SSSR count). The van der Waals surface area contributed by atoms with Gasteiger partial charge in [-0.3, -0.25) is 0 Å². The van der Waals surface area contributed by atoms with Crippen LogP contribution in [0.4, 0.5) is 5.82 Å². The topological polar surface area (TPSA) is 101 Å². The van der Waals surface area contributed by atoms with E-state index >= 15 is 0 Å². The maximum atomic E-state index is 6.00. The quantitative estimate of drug-likeness (QED) is 0.720. The Hall–Kier alpha value is -3.16. The summed E-state index contributed by atoms with van der Waals surface area (Å²) in [7, 11) is 0. The standard InChI is InChI=1S/C16H16N6O2/c1-9(2)23-11-5-6-18-12(7-11)24-16-13-14(17)19-8-20-15(13)22(21-16)10-3-4-10/h5-8,10H,1,3-4H2,2H3,(H2,17,19,20). The SMILES string of the molecule is C=C(C)Oc1ccnc(Oc2nn(C3CC3)c3ncnc(N)c23)c1. The summed E-state index contributed by atoms with van der Waals surface area (Å²) >= 11 is 0. The summed E-state index contributed by atoms with van der Waals surface area (Å²) in [6.45, 7) is 5.48. The Morgan fingerprint density at radius 3 is 2.92 bits per heavy atom. The third kappa shape index (κ3) is 2.62. The van der Waals surface area contributed by atoms with Gasteiger partial charge in [0.25, 0.3) is 5.88 Å². The van der Waals surface area contributed by atoms with Gasteiger partial charge in [-0.15, -0.1) is 5.10 Å². The summed E-state index contributed by atoms with van der Waals surface area (Å²) in [6, 6.07) is 3.72. The Labute approximate surface area is 137 Å². The van der Waals surface area contributed by atoms with Crippen molar-refractivity contribution in [3.63, 3.8) is 0 Å². The number of hydrogen-bond donors (Lipinski definition) is 1. The van der Waals surface area contributed by atoms with Crippen molar-refractivity contribution in [1.29, 1.82) is 0 Å². The van der Waals surface area contributed by atoms with Gasteiger partial charge in [0.2, 0.25) is 5.88 Å². The van der Waals surface area contributed by atoms with E-state index in [4.69, 9.17) is 15.2 Å². The van der Waals surface area contributed by atoms with Gasteiger partial charge in [0.1, 0.15) is 23.3 Å². The zero-order chi connectivity index (χ0) is 16.7. The molecule has 0 amide bonds. The third-order valence-corrected chi connectivity index (χ3v) is 3.58. The first kappa shape index (κ1) is 14.4. The van der Waals surface area contributed by atoms with Crippen LogP contribution in [-0.4, -0.2) is 24.7 Å². The predicted molar refractivity (Wildman–Crippen MR) is 87.8 cm³/mol. The van der Waals surface area contributed by atoms with Gasteiger partial charge in [0.05, 0.1) is 11.8 Å². The van der Waals surface area contributed by atoms with Gasteiger partial charge in [0, 0.05) is 12.3 Å². The molecule has 122 valence electrons. The lowest BCUT2D eigenvalue weighted by molar-refractivity contribution is 0.411. The second-order valence-electron chi connectivity index (χ2n) is 5.67. The molecule has 1 aliphatic carbocycles. The summed E-state index contributed by atoms with van der Waals surface area (Å²) in [4.78, 5) is 12.5. The number of rotatable bonds is 5. The van der Waals surface area contributed by atoms with Crippen LogP contribution >= 0.6 is 0 Å². The van der Waals surface area contributed by atoms with E-state index < -0.39 is 0 Å². The van der Waals surface area contributed by atoms with E-state index in [0.29, 0.717) is 46.2 Å². The normalized spacial score (nSPS) is 13.9. The molecule has 2 N–H and O–H groups in total. The molecule has 8 nitrogen and oxygen atoms in total. The van der Waals surface area contributed by atoms with Crippen LogP contribution in [0.5, 0.6) is 17.5 Å². The molecule has 3 heterocycles. The number of nitrogen functional groups attached to an aromatic ring is 1. The van der Waals surface area contributed by atoms with Gasteiger partial charge < -0.3 is 15.2 Å². The van der Waals surface area contributed by atoms with Gasteiger partial charge in [-0.2, -0.15) is 0 Å². The fourth-order valence-corrected chi connectivity index (χ4v) is 2.42. The molecule has 0 spiro atoms. The van der Waals surface area contributed by atoms with Crippen LogP contribution in [0.2, 0.25) is 0 Å². The van der Waals surface area contributed by atoms with E-state index in [9.17, 15) is 0 Å². The van der Waals surface area contributed by atoms with E-state index in [-0.39, 0.29) is 0 Å². The smallest absolute Gasteiger partial charge is 0.253 e. The Morgan fingerprint density at radius 1 is 1.33 bits per heavy atom. The summed E-state index contributed by atoms with van der Waals surface area (Å²) in [5.41, 5.74) is 6.67. The largest absolute Gasteiger partial charge is 0.462 e. The first-order chi connectivity index (χ1) is 11.6. The van der Waals surface area contributed by atoms with Crippen LogP contribution in [0.15, 0.2) is 37.0 Å². The van der Waals surface area contributed by atoms with Crippen LogP contribution in [0, 0.1) is 0 Å². The van der Waals surface area contributed by atoms with Crippen molar-refractivity contribution in [3.05, 3.63) is 37.0 Å². The molecule has 3 aromatic rings. The number of aromatic nitrogens is 5. The molecule has 0 aromatic carbocycles. The van der Waals surface area contributed by atoms with E-state index in [1.807, 2.05) is 4.68 Å². The van der Waals surface area contributed by atoms with E-state index in [2.05, 4.69) is 26.6 Å². The zero-order valence-electron chi connectivity index (χ0n) is 13.1. The van der Waals surface area contributed by atoms with Crippen LogP contribution < -0.4 is 15.2 Å². The molecular formula is C16H16N6O2. The molecule has 1 fully saturated rings. The minimum Gasteiger partial charge on any atom is -0.462 e. The van der Waals surface area contributed by atoms with E-state index in [1.165, 1.54) is 6.33 Å². The second kappa shape index (κ2) is 5.48. The van der Waals surface area contributed by atoms with Crippen molar-refractivity contribution in [1.82, 2.24) is 24.7 Å². The highest BCUT2D eigenvalue weighted by molar-refractivity contribution is 5.90. The van der Waals surface area contributed by atoms with Crippen molar-refractivity contribution >= 4 is 16.9 Å². The summed E-state index contributed by atoms with van der Waals surface area (Å²) in [6.07, 6.45) is 5.16. The number of allylic oxidation sites excluding steroid dienone is 1. The van der Waals surface area contributed by atoms with Crippen molar-refractivity contribution in [2.75, 3.05) is 5.73 Å². The highest BCUT2D eigenvalue weighted by Crippen LogP contribution is 2.40. The maximum Gasteiger partial charge on any atom is 0.253 e. The van der Waals surface area contributed by atoms with Gasteiger partial charge in [-0.25, -0.2) is 19.6 Å². The number of fused-ring (bicyclic) bond motifs is 1. The lowest BCUT2D eigenvalue weighted by Gasteiger charge is -2.06. The lowest BCUT2D eigenvalue weighted by Crippen LogP contribution is -1.98. The average molecular weight is 324 g/mol. The summed E-state index contributed by atoms with van der Waals surface area (Å²) in [5.74, 6) is 2.18. The Morgan fingerprint density at radius 2 is 2.17 bits per heavy atom. The van der Waals surface area contributed by atoms with E-state index in [0.717, 1.165) is 12.8 Å². The summed E-state index contributed by atoms with van der Waals surface area (Å²) < 4.78 is 13.2. The number of pyridine rings is 1. The van der Waals surface area contributed by atoms with Crippen LogP contribution in [-0.2, 0) is 0 Å². The Bertz CT molecular complexity index is 931. The number of nitrogens with two attached hydrogens (primary N) is 1. The van der Waals surface area contributed by atoms with Crippen LogP contribution in [0.3, 0.4) is 0 Å². The maximum absolute atomic E-state index is 6.00. The average Bonchev–Trinajstić information content (AvgIpc) is 3.31. The Kier molecular flexibility index (Phi) is 3.30. The minimum absolute atomic E-state index is 0.330. The molecule has 0 atom stereocenters. The molecule has 0 aliphatic heterocycles. The van der Waals surface area contributed by atoms with Crippen molar-refractivity contribution in [2.45, 2.75) is 25.8 Å². The number of hydrogen-bond acceptors (Lipinski definition) is 7. The highest BCUT2D eigenvalue weighted by atomic mass is 16.5. The lowest BCUT2D eigenvalue weighted by atomic mass is 10.4. The highest BCUT2D eigenvalue weighted by Gasteiger charge is 2.29. The summed E-state index contributed by atoms with van der Waals surface area (Å²) in [5, 5.41) is 5.11. The fraction of sp³-hybridized carbons (Fsp3) is 0.250. The molecule has 24 heavy (non-hydrogen) atoms. The van der Waals surface area contributed by atoms with Crippen LogP contribution in [0.1, 0.15) is 25.8 Å². The third-order valence-electron chi connectivity index (χ3n) is 3.58. The first-order valence-corrected chi connectivity index (χ1v) is 7.58. The molecule has 0 saturated heterocycles. The fourth-order valence-electron chi connectivity index (χ4n) is 2.42. The molecule has 3 aromatic heterocycles. The number of anilines is 1. The van der Waals surface area contributed by atoms with Gasteiger partial charge in [-0.05, 0) is 25.8 Å². The first-order valence-electron chi connectivity index (χ1n) is 7.58. The molecular weight excluding hydrogens is 308 g/mol. The molecule has 0 bridgehead atoms. The second-order valence-corrected chi connectivity index (χ2v) is 5.67. The monoisotopic (exact) mass is 324 g/mol. The van der Waals surface area contributed by atoms with Crippen molar-refractivity contribution in [3.8, 4) is 17.5 Å². The van der Waals surface area contributed by atoms with E-state index in [1.54, 1.807) is 25.3 Å². The zero-order valence-corrected chi connectivity index (χ0v) is 13.1.